The molecule has 0 amide bonds. The highest BCUT2D eigenvalue weighted by Gasteiger charge is 2.16. The van der Waals surface area contributed by atoms with Crippen LogP contribution in [0.1, 0.15) is 38.4 Å². The number of fused-ring (bicyclic) bond motifs is 1. The van der Waals surface area contributed by atoms with Gasteiger partial charge < -0.3 is 9.30 Å². The van der Waals surface area contributed by atoms with E-state index in [1.54, 1.807) is 6.07 Å². The molecule has 0 fully saturated rings. The van der Waals surface area contributed by atoms with Gasteiger partial charge in [0, 0.05) is 13.2 Å². The van der Waals surface area contributed by atoms with Gasteiger partial charge in [-0.3, -0.25) is 0 Å². The van der Waals surface area contributed by atoms with E-state index >= 15 is 0 Å². The van der Waals surface area contributed by atoms with E-state index in [0.717, 1.165) is 18.5 Å². The topological polar surface area (TPSA) is 27.1 Å². The molecule has 21 heavy (non-hydrogen) atoms. The molecule has 0 N–H and O–H groups in total. The van der Waals surface area contributed by atoms with Gasteiger partial charge >= 0.3 is 0 Å². The number of benzene rings is 1. The van der Waals surface area contributed by atoms with Gasteiger partial charge in [0.1, 0.15) is 11.3 Å². The molecule has 1 heterocycles. The Morgan fingerprint density at radius 2 is 2.05 bits per heavy atom. The van der Waals surface area contributed by atoms with Crippen molar-refractivity contribution in [1.29, 1.82) is 0 Å². The van der Waals surface area contributed by atoms with Crippen molar-refractivity contribution in [2.24, 2.45) is 5.92 Å². The summed E-state index contributed by atoms with van der Waals surface area (Å²) in [5.74, 6) is 1.00. The van der Waals surface area contributed by atoms with Crippen LogP contribution in [-0.4, -0.2) is 22.8 Å². The second kappa shape index (κ2) is 7.23. The van der Waals surface area contributed by atoms with Gasteiger partial charge in [-0.25, -0.2) is 9.37 Å². The lowest BCUT2D eigenvalue weighted by molar-refractivity contribution is 0.116. The number of hydrogen-bond donors (Lipinski definition) is 0. The van der Waals surface area contributed by atoms with E-state index in [1.165, 1.54) is 6.07 Å². The van der Waals surface area contributed by atoms with Crippen molar-refractivity contribution < 1.29 is 9.13 Å². The molecule has 1 unspecified atom stereocenters. The van der Waals surface area contributed by atoms with Gasteiger partial charge in [0.05, 0.1) is 17.5 Å². The molecule has 3 nitrogen and oxygen atoms in total. The van der Waals surface area contributed by atoms with Crippen LogP contribution in [0.3, 0.4) is 0 Å². The first-order chi connectivity index (χ1) is 10.0. The lowest BCUT2D eigenvalue weighted by Crippen LogP contribution is -2.11. The second-order valence-corrected chi connectivity index (χ2v) is 6.29. The molecule has 0 saturated heterocycles. The third-order valence-electron chi connectivity index (χ3n) is 3.41. The lowest BCUT2D eigenvalue weighted by atomic mass is 10.1. The monoisotopic (exact) mass is 312 g/mol. The lowest BCUT2D eigenvalue weighted by Gasteiger charge is -2.11. The van der Waals surface area contributed by atoms with Crippen LogP contribution in [0.4, 0.5) is 4.39 Å². The largest absolute Gasteiger partial charge is 0.380 e. The zero-order chi connectivity index (χ0) is 15.4. The van der Waals surface area contributed by atoms with Crippen molar-refractivity contribution in [2.75, 3.05) is 13.2 Å². The molecule has 0 spiro atoms. The predicted octanol–water partition coefficient (Wildman–Crippen LogP) is 4.54. The number of aromatic nitrogens is 2. The molecule has 116 valence electrons. The number of alkyl halides is 1. The average Bonchev–Trinajstić information content (AvgIpc) is 2.79. The first-order valence-corrected chi connectivity index (χ1v) is 7.80. The molecule has 0 aliphatic rings. The first-order valence-electron chi connectivity index (χ1n) is 7.37. The number of nitrogens with zero attached hydrogens (tertiary/aromatic N) is 2. The summed E-state index contributed by atoms with van der Waals surface area (Å²) in [4.78, 5) is 4.34. The zero-order valence-corrected chi connectivity index (χ0v) is 13.5. The summed E-state index contributed by atoms with van der Waals surface area (Å²) in [6, 6.07) is 4.97. The highest BCUT2D eigenvalue weighted by molar-refractivity contribution is 6.20. The van der Waals surface area contributed by atoms with Crippen LogP contribution in [0, 0.1) is 11.7 Å². The van der Waals surface area contributed by atoms with Crippen molar-refractivity contribution in [3.63, 3.8) is 0 Å². The Balaban J connectivity index is 2.13. The van der Waals surface area contributed by atoms with Gasteiger partial charge in [0.25, 0.3) is 0 Å². The standard InChI is InChI=1S/C16H22ClFN2O/c1-11(2)7-9-21-10-8-20-14-6-4-5-13(18)15(14)19-16(20)12(3)17/h4-6,11-12H,7-10H2,1-3H3. The summed E-state index contributed by atoms with van der Waals surface area (Å²) < 4.78 is 21.4. The van der Waals surface area contributed by atoms with E-state index in [2.05, 4.69) is 18.8 Å². The summed E-state index contributed by atoms with van der Waals surface area (Å²) in [7, 11) is 0. The molecule has 0 aliphatic heterocycles. The first kappa shape index (κ1) is 16.2. The van der Waals surface area contributed by atoms with Crippen LogP contribution in [0.2, 0.25) is 0 Å². The molecule has 0 radical (unpaired) electrons. The summed E-state index contributed by atoms with van der Waals surface area (Å²) in [5.41, 5.74) is 1.15. The minimum absolute atomic E-state index is 0.271. The predicted molar refractivity (Wildman–Crippen MR) is 84.2 cm³/mol. The number of halogens is 2. The molecule has 2 aromatic rings. The van der Waals surface area contributed by atoms with Gasteiger partial charge in [-0.05, 0) is 31.4 Å². The fourth-order valence-electron chi connectivity index (χ4n) is 2.25. The van der Waals surface area contributed by atoms with Gasteiger partial charge in [0.2, 0.25) is 0 Å². The maximum absolute atomic E-state index is 13.8. The highest BCUT2D eigenvalue weighted by atomic mass is 35.5. The smallest absolute Gasteiger partial charge is 0.151 e. The number of ether oxygens (including phenoxy) is 1. The molecule has 2 rings (SSSR count). The molecular formula is C16H22ClFN2O. The van der Waals surface area contributed by atoms with Crippen molar-refractivity contribution >= 4 is 22.6 Å². The SMILES string of the molecule is CC(C)CCOCCn1c(C(C)Cl)nc2c(F)cccc21. The fraction of sp³-hybridized carbons (Fsp3) is 0.562. The highest BCUT2D eigenvalue weighted by Crippen LogP contribution is 2.25. The molecule has 0 bridgehead atoms. The summed E-state index contributed by atoms with van der Waals surface area (Å²) in [5, 5.41) is -0.271. The minimum atomic E-state index is -0.314. The number of imidazole rings is 1. The molecule has 1 aromatic heterocycles. The van der Waals surface area contributed by atoms with Gasteiger partial charge in [0.15, 0.2) is 5.82 Å². The maximum Gasteiger partial charge on any atom is 0.151 e. The number of rotatable bonds is 7. The zero-order valence-electron chi connectivity index (χ0n) is 12.8. The quantitative estimate of drug-likeness (QED) is 0.554. The summed E-state index contributed by atoms with van der Waals surface area (Å²) in [6.07, 6.45) is 1.04. The van der Waals surface area contributed by atoms with Crippen molar-refractivity contribution in [3.05, 3.63) is 29.8 Å². The van der Waals surface area contributed by atoms with Crippen LogP contribution >= 0.6 is 11.6 Å². The van der Waals surface area contributed by atoms with E-state index in [9.17, 15) is 4.39 Å². The van der Waals surface area contributed by atoms with Crippen LogP contribution in [0.15, 0.2) is 18.2 Å². The van der Waals surface area contributed by atoms with E-state index in [-0.39, 0.29) is 11.2 Å². The average molecular weight is 313 g/mol. The number of hydrogen-bond acceptors (Lipinski definition) is 2. The molecule has 0 saturated carbocycles. The van der Waals surface area contributed by atoms with E-state index < -0.39 is 0 Å². The second-order valence-electron chi connectivity index (χ2n) is 5.64. The Morgan fingerprint density at radius 3 is 2.71 bits per heavy atom. The molecule has 1 atom stereocenters. The van der Waals surface area contributed by atoms with Crippen LogP contribution < -0.4 is 0 Å². The summed E-state index contributed by atoms with van der Waals surface area (Å²) >= 11 is 6.17. The fourth-order valence-corrected chi connectivity index (χ4v) is 2.41. The van der Waals surface area contributed by atoms with Crippen LogP contribution in [-0.2, 0) is 11.3 Å². The van der Waals surface area contributed by atoms with Crippen molar-refractivity contribution in [3.8, 4) is 0 Å². The van der Waals surface area contributed by atoms with E-state index in [0.29, 0.717) is 30.4 Å². The Labute approximate surface area is 130 Å². The maximum atomic E-state index is 13.8. The van der Waals surface area contributed by atoms with Crippen molar-refractivity contribution in [2.45, 2.75) is 39.1 Å². The van der Waals surface area contributed by atoms with Crippen LogP contribution in [0.5, 0.6) is 0 Å². The Bertz CT molecular complexity index is 595. The van der Waals surface area contributed by atoms with Gasteiger partial charge in [-0.2, -0.15) is 0 Å². The molecule has 5 heteroatoms. The van der Waals surface area contributed by atoms with E-state index in [4.69, 9.17) is 16.3 Å². The minimum Gasteiger partial charge on any atom is -0.380 e. The van der Waals surface area contributed by atoms with E-state index in [1.807, 2.05) is 17.6 Å². The number of para-hydroxylation sites is 1. The third-order valence-corrected chi connectivity index (χ3v) is 3.61. The van der Waals surface area contributed by atoms with Crippen molar-refractivity contribution in [1.82, 2.24) is 9.55 Å². The third kappa shape index (κ3) is 3.95. The molecule has 0 aliphatic carbocycles. The summed E-state index contributed by atoms with van der Waals surface area (Å²) in [6.45, 7) is 8.13. The van der Waals surface area contributed by atoms with Gasteiger partial charge in [-0.1, -0.05) is 19.9 Å². The van der Waals surface area contributed by atoms with Crippen LogP contribution in [0.25, 0.3) is 11.0 Å². The Morgan fingerprint density at radius 1 is 1.29 bits per heavy atom. The Hall–Kier alpha value is -1.13. The molecule has 1 aromatic carbocycles. The molecular weight excluding hydrogens is 291 g/mol. The normalized spacial score (nSPS) is 13.2. The van der Waals surface area contributed by atoms with Gasteiger partial charge in [-0.15, -0.1) is 11.6 Å². The Kier molecular flexibility index (Phi) is 5.59.